The SMILES string of the molecule is CCOC(=O)c1c(NC(=O)c2ccc(F)cc2)sc2c1CCN(C(C)=O)C2. The van der Waals surface area contributed by atoms with Crippen molar-refractivity contribution in [2.45, 2.75) is 26.8 Å². The van der Waals surface area contributed by atoms with Crippen molar-refractivity contribution in [3.05, 3.63) is 51.7 Å². The lowest BCUT2D eigenvalue weighted by Gasteiger charge is -2.25. The van der Waals surface area contributed by atoms with E-state index < -0.39 is 17.7 Å². The van der Waals surface area contributed by atoms with Crippen LogP contribution in [0.5, 0.6) is 0 Å². The van der Waals surface area contributed by atoms with E-state index in [0.29, 0.717) is 30.1 Å². The Bertz CT molecular complexity index is 892. The molecule has 1 aromatic heterocycles. The Morgan fingerprint density at radius 1 is 1.26 bits per heavy atom. The molecule has 0 aliphatic carbocycles. The van der Waals surface area contributed by atoms with Crippen LogP contribution in [-0.4, -0.2) is 35.8 Å². The molecule has 2 heterocycles. The number of halogens is 1. The summed E-state index contributed by atoms with van der Waals surface area (Å²) >= 11 is 1.26. The maximum Gasteiger partial charge on any atom is 0.341 e. The number of esters is 1. The second kappa shape index (κ2) is 7.87. The van der Waals surface area contributed by atoms with Crippen molar-refractivity contribution >= 4 is 34.1 Å². The lowest BCUT2D eigenvalue weighted by Crippen LogP contribution is -2.34. The summed E-state index contributed by atoms with van der Waals surface area (Å²) in [4.78, 5) is 39.2. The largest absolute Gasteiger partial charge is 0.462 e. The molecule has 8 heteroatoms. The number of thiophene rings is 1. The van der Waals surface area contributed by atoms with Crippen molar-refractivity contribution in [1.29, 1.82) is 0 Å². The Balaban J connectivity index is 1.93. The minimum absolute atomic E-state index is 0.0383. The Labute approximate surface area is 159 Å². The molecule has 3 rings (SSSR count). The van der Waals surface area contributed by atoms with Crippen LogP contribution in [0, 0.1) is 5.82 Å². The van der Waals surface area contributed by atoms with Gasteiger partial charge in [0, 0.05) is 23.9 Å². The minimum atomic E-state index is -0.499. The highest BCUT2D eigenvalue weighted by Crippen LogP contribution is 2.38. The number of rotatable bonds is 4. The summed E-state index contributed by atoms with van der Waals surface area (Å²) in [5.41, 5.74) is 1.43. The fraction of sp³-hybridized carbons (Fsp3) is 0.316. The minimum Gasteiger partial charge on any atom is -0.462 e. The molecule has 0 saturated carbocycles. The maximum absolute atomic E-state index is 13.1. The number of ether oxygens (including phenoxy) is 1. The molecule has 1 aliphatic heterocycles. The highest BCUT2D eigenvalue weighted by molar-refractivity contribution is 7.17. The van der Waals surface area contributed by atoms with E-state index in [0.717, 1.165) is 10.4 Å². The van der Waals surface area contributed by atoms with Gasteiger partial charge < -0.3 is 15.0 Å². The van der Waals surface area contributed by atoms with Gasteiger partial charge in [-0.15, -0.1) is 11.3 Å². The molecule has 0 fully saturated rings. The third-order valence-corrected chi connectivity index (χ3v) is 5.45. The number of hydrogen-bond donors (Lipinski definition) is 1. The average Bonchev–Trinajstić information content (AvgIpc) is 2.99. The van der Waals surface area contributed by atoms with Crippen LogP contribution in [0.3, 0.4) is 0 Å². The average molecular weight is 390 g/mol. The van der Waals surface area contributed by atoms with Crippen LogP contribution in [0.4, 0.5) is 9.39 Å². The zero-order valence-electron chi connectivity index (χ0n) is 15.0. The number of nitrogens with one attached hydrogen (secondary N) is 1. The smallest absolute Gasteiger partial charge is 0.341 e. The van der Waals surface area contributed by atoms with Crippen LogP contribution >= 0.6 is 11.3 Å². The monoisotopic (exact) mass is 390 g/mol. The van der Waals surface area contributed by atoms with Crippen LogP contribution in [0.25, 0.3) is 0 Å². The van der Waals surface area contributed by atoms with E-state index in [1.807, 2.05) is 0 Å². The van der Waals surface area contributed by atoms with Gasteiger partial charge in [-0.1, -0.05) is 0 Å². The van der Waals surface area contributed by atoms with Crippen LogP contribution in [0.1, 0.15) is 45.0 Å². The van der Waals surface area contributed by atoms with Crippen LogP contribution in [0.15, 0.2) is 24.3 Å². The van der Waals surface area contributed by atoms with E-state index in [2.05, 4.69) is 5.32 Å². The summed E-state index contributed by atoms with van der Waals surface area (Å²) in [5, 5.41) is 3.13. The van der Waals surface area contributed by atoms with Gasteiger partial charge in [0.15, 0.2) is 0 Å². The van der Waals surface area contributed by atoms with E-state index in [9.17, 15) is 18.8 Å². The van der Waals surface area contributed by atoms with Gasteiger partial charge in [0.2, 0.25) is 5.91 Å². The third-order valence-electron chi connectivity index (χ3n) is 4.32. The summed E-state index contributed by atoms with van der Waals surface area (Å²) in [7, 11) is 0. The maximum atomic E-state index is 13.1. The number of carbonyl (C=O) groups excluding carboxylic acids is 3. The molecule has 0 saturated heterocycles. The highest BCUT2D eigenvalue weighted by atomic mass is 32.1. The number of amides is 2. The molecule has 0 radical (unpaired) electrons. The lowest BCUT2D eigenvalue weighted by atomic mass is 10.0. The molecule has 27 heavy (non-hydrogen) atoms. The predicted octanol–water partition coefficient (Wildman–Crippen LogP) is 3.22. The number of benzene rings is 1. The van der Waals surface area contributed by atoms with Gasteiger partial charge in [0.05, 0.1) is 18.7 Å². The van der Waals surface area contributed by atoms with Gasteiger partial charge in [-0.2, -0.15) is 0 Å². The Kier molecular flexibility index (Phi) is 5.55. The lowest BCUT2D eigenvalue weighted by molar-refractivity contribution is -0.129. The number of hydrogen-bond acceptors (Lipinski definition) is 5. The van der Waals surface area contributed by atoms with Crippen molar-refractivity contribution in [3.63, 3.8) is 0 Å². The van der Waals surface area contributed by atoms with Crippen molar-refractivity contribution in [2.24, 2.45) is 0 Å². The fourth-order valence-corrected chi connectivity index (χ4v) is 4.20. The molecule has 0 atom stereocenters. The topological polar surface area (TPSA) is 75.7 Å². The van der Waals surface area contributed by atoms with Crippen molar-refractivity contribution in [2.75, 3.05) is 18.5 Å². The second-order valence-electron chi connectivity index (χ2n) is 6.08. The number of anilines is 1. The zero-order valence-corrected chi connectivity index (χ0v) is 15.8. The number of carbonyl (C=O) groups is 3. The first-order valence-electron chi connectivity index (χ1n) is 8.54. The van der Waals surface area contributed by atoms with Crippen molar-refractivity contribution in [1.82, 2.24) is 4.90 Å². The molecule has 2 aromatic rings. The van der Waals surface area contributed by atoms with Crippen LogP contribution in [-0.2, 0) is 22.5 Å². The van der Waals surface area contributed by atoms with Crippen molar-refractivity contribution < 1.29 is 23.5 Å². The molecule has 1 N–H and O–H groups in total. The second-order valence-corrected chi connectivity index (χ2v) is 7.19. The summed E-state index contributed by atoms with van der Waals surface area (Å²) < 4.78 is 18.2. The van der Waals surface area contributed by atoms with E-state index >= 15 is 0 Å². The van der Waals surface area contributed by atoms with Gasteiger partial charge in [-0.05, 0) is 43.2 Å². The van der Waals surface area contributed by atoms with Gasteiger partial charge in [-0.25, -0.2) is 9.18 Å². The van der Waals surface area contributed by atoms with E-state index in [-0.39, 0.29) is 18.1 Å². The van der Waals surface area contributed by atoms with Crippen LogP contribution < -0.4 is 5.32 Å². The third kappa shape index (κ3) is 4.00. The first-order valence-corrected chi connectivity index (χ1v) is 9.36. The molecule has 0 unspecified atom stereocenters. The first-order chi connectivity index (χ1) is 12.9. The summed E-state index contributed by atoms with van der Waals surface area (Å²) in [5.74, 6) is -1.42. The molecule has 2 amide bonds. The molecule has 6 nitrogen and oxygen atoms in total. The first kappa shape index (κ1) is 19.0. The Morgan fingerprint density at radius 2 is 1.96 bits per heavy atom. The molecule has 1 aliphatic rings. The van der Waals surface area contributed by atoms with Gasteiger partial charge in [0.1, 0.15) is 10.8 Å². The molecule has 1 aromatic carbocycles. The summed E-state index contributed by atoms with van der Waals surface area (Å²) in [6.45, 7) is 4.34. The van der Waals surface area contributed by atoms with Crippen LogP contribution in [0.2, 0.25) is 0 Å². The Hall–Kier alpha value is -2.74. The van der Waals surface area contributed by atoms with E-state index in [4.69, 9.17) is 4.74 Å². The summed E-state index contributed by atoms with van der Waals surface area (Å²) in [6, 6.07) is 5.15. The Morgan fingerprint density at radius 3 is 2.59 bits per heavy atom. The molecule has 0 spiro atoms. The zero-order chi connectivity index (χ0) is 19.6. The van der Waals surface area contributed by atoms with E-state index in [1.165, 1.54) is 42.5 Å². The fourth-order valence-electron chi connectivity index (χ4n) is 2.96. The number of nitrogens with zero attached hydrogens (tertiary/aromatic N) is 1. The molecule has 0 bridgehead atoms. The highest BCUT2D eigenvalue weighted by Gasteiger charge is 2.30. The van der Waals surface area contributed by atoms with E-state index in [1.54, 1.807) is 11.8 Å². The van der Waals surface area contributed by atoms with Gasteiger partial charge >= 0.3 is 5.97 Å². The number of fused-ring (bicyclic) bond motifs is 1. The normalized spacial score (nSPS) is 13.1. The van der Waals surface area contributed by atoms with Gasteiger partial charge in [-0.3, -0.25) is 9.59 Å². The predicted molar refractivity (Wildman–Crippen MR) is 99.4 cm³/mol. The summed E-state index contributed by atoms with van der Waals surface area (Å²) in [6.07, 6.45) is 0.520. The molecular weight excluding hydrogens is 371 g/mol. The van der Waals surface area contributed by atoms with Crippen molar-refractivity contribution in [3.8, 4) is 0 Å². The van der Waals surface area contributed by atoms with Gasteiger partial charge in [0.25, 0.3) is 5.91 Å². The molecule has 142 valence electrons. The standard InChI is InChI=1S/C19H19FN2O4S/c1-3-26-19(25)16-14-8-9-22(11(2)23)10-15(14)27-18(16)21-17(24)12-4-6-13(20)7-5-12/h4-7H,3,8-10H2,1-2H3,(H,21,24). The molecular formula is C19H19FN2O4S. The quantitative estimate of drug-likeness (QED) is 0.814.